The summed E-state index contributed by atoms with van der Waals surface area (Å²) in [6, 6.07) is 7.53. The lowest BCUT2D eigenvalue weighted by Gasteiger charge is -2.30. The molecule has 1 aliphatic heterocycles. The zero-order valence-electron chi connectivity index (χ0n) is 15.4. The van der Waals surface area contributed by atoms with Crippen molar-refractivity contribution in [3.8, 4) is 17.0 Å². The van der Waals surface area contributed by atoms with Crippen LogP contribution in [0, 0.1) is 6.92 Å². The highest BCUT2D eigenvalue weighted by atomic mass is 35.5. The molecule has 6 nitrogen and oxygen atoms in total. The fourth-order valence-electron chi connectivity index (χ4n) is 3.77. The van der Waals surface area contributed by atoms with E-state index in [0.29, 0.717) is 27.8 Å². The number of aromatic nitrogens is 3. The molecule has 2 aromatic heterocycles. The summed E-state index contributed by atoms with van der Waals surface area (Å²) in [5, 5.41) is 24.2. The molecule has 0 spiro atoms. The Morgan fingerprint density at radius 2 is 2.15 bits per heavy atom. The lowest BCUT2D eigenvalue weighted by Crippen LogP contribution is -2.40. The van der Waals surface area contributed by atoms with Crippen molar-refractivity contribution in [1.29, 1.82) is 0 Å². The number of nitrogens with zero attached hydrogens (tertiary/aromatic N) is 4. The van der Waals surface area contributed by atoms with E-state index in [1.54, 1.807) is 12.3 Å². The number of benzene rings is 1. The molecule has 1 aliphatic rings. The summed E-state index contributed by atoms with van der Waals surface area (Å²) in [4.78, 5) is 6.85. The van der Waals surface area contributed by atoms with Gasteiger partial charge in [-0.3, -0.25) is 4.98 Å². The molecule has 0 radical (unpaired) electrons. The van der Waals surface area contributed by atoms with Gasteiger partial charge in [-0.1, -0.05) is 11.6 Å². The van der Waals surface area contributed by atoms with Crippen LogP contribution in [-0.4, -0.2) is 51.4 Å². The van der Waals surface area contributed by atoms with Crippen molar-refractivity contribution < 1.29 is 5.11 Å². The molecule has 3 heterocycles. The molecular formula is C20H22ClN5O. The van der Waals surface area contributed by atoms with E-state index in [-0.39, 0.29) is 5.75 Å². The van der Waals surface area contributed by atoms with Gasteiger partial charge in [0.1, 0.15) is 17.0 Å². The number of nitrogens with one attached hydrogen (secondary N) is 1. The minimum Gasteiger partial charge on any atom is -0.507 e. The molecule has 7 heteroatoms. The first-order valence-electron chi connectivity index (χ1n) is 9.09. The van der Waals surface area contributed by atoms with Gasteiger partial charge in [0, 0.05) is 34.8 Å². The number of phenolic OH excluding ortho intramolecular Hbond substituents is 1. The van der Waals surface area contributed by atoms with Crippen LogP contribution in [0.1, 0.15) is 18.4 Å². The van der Waals surface area contributed by atoms with Gasteiger partial charge < -0.3 is 15.3 Å². The number of anilines is 1. The third kappa shape index (κ3) is 3.55. The van der Waals surface area contributed by atoms with Gasteiger partial charge in [0.05, 0.1) is 0 Å². The van der Waals surface area contributed by atoms with Gasteiger partial charge in [-0.25, -0.2) is 0 Å². The lowest BCUT2D eigenvalue weighted by atomic mass is 10.0. The first kappa shape index (κ1) is 17.9. The zero-order valence-corrected chi connectivity index (χ0v) is 16.2. The minimum absolute atomic E-state index is 0.0795. The van der Waals surface area contributed by atoms with Gasteiger partial charge >= 0.3 is 0 Å². The Kier molecular flexibility index (Phi) is 4.85. The Labute approximate surface area is 163 Å². The molecule has 2 N–H and O–H groups in total. The molecule has 1 fully saturated rings. The normalized spacial score (nSPS) is 18.0. The molecule has 27 heavy (non-hydrogen) atoms. The summed E-state index contributed by atoms with van der Waals surface area (Å²) < 4.78 is 0. The summed E-state index contributed by atoms with van der Waals surface area (Å²) in [6.45, 7) is 3.99. The molecule has 0 aliphatic carbocycles. The molecule has 0 saturated carbocycles. The van der Waals surface area contributed by atoms with Gasteiger partial charge in [0.25, 0.3) is 0 Å². The Hall–Kier alpha value is -2.44. The summed E-state index contributed by atoms with van der Waals surface area (Å²) in [7, 11) is 2.13. The molecule has 1 saturated heterocycles. The van der Waals surface area contributed by atoms with Crippen LogP contribution in [0.25, 0.3) is 22.2 Å². The van der Waals surface area contributed by atoms with Crippen molar-refractivity contribution in [1.82, 2.24) is 20.1 Å². The standard InChI is InChI=1S/C20H22ClN5O/c1-12-9-13(21)10-16(27)17(12)19-18-15(6-3-7-22-18)20(25-24-19)23-14-5-4-8-26(2)11-14/h3,6-7,9-10,14,27H,4-5,8,11H2,1-2H3,(H,23,25). The van der Waals surface area contributed by atoms with E-state index in [0.717, 1.165) is 42.7 Å². The molecule has 4 rings (SSSR count). The van der Waals surface area contributed by atoms with E-state index in [1.165, 1.54) is 6.07 Å². The fraction of sp³-hybridized carbons (Fsp3) is 0.350. The molecule has 1 atom stereocenters. The second-order valence-corrected chi connectivity index (χ2v) is 7.60. The van der Waals surface area contributed by atoms with Crippen molar-refractivity contribution in [2.24, 2.45) is 0 Å². The number of aromatic hydroxyl groups is 1. The van der Waals surface area contributed by atoms with Gasteiger partial charge in [0.15, 0.2) is 5.82 Å². The van der Waals surface area contributed by atoms with E-state index in [9.17, 15) is 5.11 Å². The number of likely N-dealkylation sites (N-methyl/N-ethyl adjacent to an activating group) is 1. The van der Waals surface area contributed by atoms with Crippen molar-refractivity contribution in [2.75, 3.05) is 25.5 Å². The van der Waals surface area contributed by atoms with Crippen LogP contribution in [0.3, 0.4) is 0 Å². The van der Waals surface area contributed by atoms with Crippen LogP contribution < -0.4 is 5.32 Å². The second-order valence-electron chi connectivity index (χ2n) is 7.16. The topological polar surface area (TPSA) is 74.2 Å². The van der Waals surface area contributed by atoms with Crippen molar-refractivity contribution in [2.45, 2.75) is 25.8 Å². The molecule has 0 bridgehead atoms. The second kappa shape index (κ2) is 7.29. The predicted molar refractivity (Wildman–Crippen MR) is 108 cm³/mol. The average molecular weight is 384 g/mol. The monoisotopic (exact) mass is 383 g/mol. The Morgan fingerprint density at radius 1 is 1.30 bits per heavy atom. The Morgan fingerprint density at radius 3 is 2.93 bits per heavy atom. The maximum Gasteiger partial charge on any atom is 0.158 e. The van der Waals surface area contributed by atoms with Crippen LogP contribution >= 0.6 is 11.6 Å². The van der Waals surface area contributed by atoms with Gasteiger partial charge in [-0.05, 0) is 63.2 Å². The van der Waals surface area contributed by atoms with Crippen molar-refractivity contribution in [3.63, 3.8) is 0 Å². The van der Waals surface area contributed by atoms with E-state index >= 15 is 0 Å². The maximum atomic E-state index is 10.4. The van der Waals surface area contributed by atoms with Gasteiger partial charge in [-0.15, -0.1) is 10.2 Å². The third-order valence-electron chi connectivity index (χ3n) is 5.02. The van der Waals surface area contributed by atoms with E-state index in [4.69, 9.17) is 11.6 Å². The first-order chi connectivity index (χ1) is 13.0. The minimum atomic E-state index is 0.0795. The Bertz CT molecular complexity index is 970. The fourth-order valence-corrected chi connectivity index (χ4v) is 4.04. The van der Waals surface area contributed by atoms with Crippen LogP contribution in [0.2, 0.25) is 5.02 Å². The number of hydrogen-bond acceptors (Lipinski definition) is 6. The number of aryl methyl sites for hydroxylation is 1. The first-order valence-corrected chi connectivity index (χ1v) is 9.46. The highest BCUT2D eigenvalue weighted by Crippen LogP contribution is 2.37. The van der Waals surface area contributed by atoms with Crippen LogP contribution in [0.5, 0.6) is 5.75 Å². The number of rotatable bonds is 3. The zero-order chi connectivity index (χ0) is 19.0. The molecule has 0 amide bonds. The van der Waals surface area contributed by atoms with E-state index < -0.39 is 0 Å². The van der Waals surface area contributed by atoms with Gasteiger partial charge in [0.2, 0.25) is 0 Å². The summed E-state index contributed by atoms with van der Waals surface area (Å²) >= 11 is 6.05. The number of likely N-dealkylation sites (tertiary alicyclic amines) is 1. The highest BCUT2D eigenvalue weighted by Gasteiger charge is 2.21. The Balaban J connectivity index is 1.79. The van der Waals surface area contributed by atoms with Gasteiger partial charge in [-0.2, -0.15) is 0 Å². The molecular weight excluding hydrogens is 362 g/mol. The number of halogens is 1. The highest BCUT2D eigenvalue weighted by molar-refractivity contribution is 6.31. The van der Waals surface area contributed by atoms with Crippen LogP contribution in [0.15, 0.2) is 30.5 Å². The number of fused-ring (bicyclic) bond motifs is 1. The number of phenols is 1. The van der Waals surface area contributed by atoms with Crippen molar-refractivity contribution >= 4 is 28.3 Å². The smallest absolute Gasteiger partial charge is 0.158 e. The third-order valence-corrected chi connectivity index (χ3v) is 5.24. The summed E-state index contributed by atoms with van der Waals surface area (Å²) in [6.07, 6.45) is 3.99. The SMILES string of the molecule is Cc1cc(Cl)cc(O)c1-c1nnc(NC2CCCN(C)C2)c2cccnc12. The molecule has 1 aromatic carbocycles. The van der Waals surface area contributed by atoms with Crippen molar-refractivity contribution in [3.05, 3.63) is 41.0 Å². The lowest BCUT2D eigenvalue weighted by molar-refractivity contribution is 0.261. The summed E-state index contributed by atoms with van der Waals surface area (Å²) in [5.41, 5.74) is 2.71. The quantitative estimate of drug-likeness (QED) is 0.715. The number of pyridine rings is 1. The summed E-state index contributed by atoms with van der Waals surface area (Å²) in [5.74, 6) is 0.809. The predicted octanol–water partition coefficient (Wildman–Crippen LogP) is 3.87. The van der Waals surface area contributed by atoms with E-state index in [2.05, 4.69) is 32.4 Å². The largest absolute Gasteiger partial charge is 0.507 e. The number of hydrogen-bond donors (Lipinski definition) is 2. The van der Waals surface area contributed by atoms with Crippen LogP contribution in [-0.2, 0) is 0 Å². The molecule has 1 unspecified atom stereocenters. The maximum absolute atomic E-state index is 10.4. The van der Waals surface area contributed by atoms with E-state index in [1.807, 2.05) is 19.1 Å². The average Bonchev–Trinajstić information content (AvgIpc) is 2.62. The number of piperidine rings is 1. The van der Waals surface area contributed by atoms with Crippen LogP contribution in [0.4, 0.5) is 5.82 Å². The molecule has 3 aromatic rings. The molecule has 140 valence electrons.